The van der Waals surface area contributed by atoms with Crippen molar-refractivity contribution in [3.63, 3.8) is 0 Å². The van der Waals surface area contributed by atoms with Crippen molar-refractivity contribution in [3.8, 4) is 11.5 Å². The van der Waals surface area contributed by atoms with E-state index in [0.29, 0.717) is 23.6 Å². The molecule has 24 heavy (non-hydrogen) atoms. The number of pyridine rings is 1. The van der Waals surface area contributed by atoms with Gasteiger partial charge < -0.3 is 19.3 Å². The molecule has 0 radical (unpaired) electrons. The first-order valence-corrected chi connectivity index (χ1v) is 7.77. The zero-order valence-corrected chi connectivity index (χ0v) is 14.4. The highest BCUT2D eigenvalue weighted by atomic mass is 16.5. The van der Waals surface area contributed by atoms with E-state index < -0.39 is 0 Å². The summed E-state index contributed by atoms with van der Waals surface area (Å²) >= 11 is 0. The molecule has 3 rings (SSSR count). The molecule has 0 saturated heterocycles. The van der Waals surface area contributed by atoms with Crippen molar-refractivity contribution < 1.29 is 14.3 Å². The topological polar surface area (TPSA) is 54.9 Å². The van der Waals surface area contributed by atoms with E-state index in [1.807, 2.05) is 26.2 Å². The number of fused-ring (bicyclic) bond motifs is 1. The van der Waals surface area contributed by atoms with Crippen molar-refractivity contribution in [3.05, 3.63) is 41.6 Å². The SMILES string of the molecule is COc1ccc(C(=O)N2CCN(C)c3ncc(C)cc32)c(OC)c1. The Morgan fingerprint density at radius 2 is 1.96 bits per heavy atom. The third kappa shape index (κ3) is 2.75. The molecule has 1 aromatic heterocycles. The molecule has 0 N–H and O–H groups in total. The molecule has 6 nitrogen and oxygen atoms in total. The lowest BCUT2D eigenvalue weighted by molar-refractivity contribution is 0.0983. The number of likely N-dealkylation sites (N-methyl/N-ethyl adjacent to an activating group) is 1. The molecule has 1 amide bonds. The number of hydrogen-bond acceptors (Lipinski definition) is 5. The molecular weight excluding hydrogens is 306 g/mol. The van der Waals surface area contributed by atoms with Crippen molar-refractivity contribution in [1.29, 1.82) is 0 Å². The molecule has 0 spiro atoms. The van der Waals surface area contributed by atoms with Crippen LogP contribution in [0.5, 0.6) is 11.5 Å². The quantitative estimate of drug-likeness (QED) is 0.867. The minimum atomic E-state index is -0.101. The van der Waals surface area contributed by atoms with Crippen LogP contribution in [0.25, 0.3) is 0 Å². The van der Waals surface area contributed by atoms with E-state index in [2.05, 4.69) is 9.88 Å². The van der Waals surface area contributed by atoms with Gasteiger partial charge in [0.15, 0.2) is 5.82 Å². The Morgan fingerprint density at radius 3 is 2.67 bits per heavy atom. The fourth-order valence-electron chi connectivity index (χ4n) is 2.85. The number of amides is 1. The zero-order chi connectivity index (χ0) is 17.3. The third-order valence-electron chi connectivity index (χ3n) is 4.18. The second-order valence-electron chi connectivity index (χ2n) is 5.80. The van der Waals surface area contributed by atoms with Crippen molar-refractivity contribution >= 4 is 17.4 Å². The van der Waals surface area contributed by atoms with Crippen LogP contribution in [-0.2, 0) is 0 Å². The number of carbonyl (C=O) groups is 1. The largest absolute Gasteiger partial charge is 0.497 e. The molecule has 1 aliphatic heterocycles. The average Bonchev–Trinajstić information content (AvgIpc) is 2.60. The number of aryl methyl sites for hydroxylation is 1. The van der Waals surface area contributed by atoms with E-state index in [4.69, 9.17) is 9.47 Å². The van der Waals surface area contributed by atoms with Gasteiger partial charge in [-0.05, 0) is 30.7 Å². The van der Waals surface area contributed by atoms with Gasteiger partial charge in [-0.1, -0.05) is 0 Å². The monoisotopic (exact) mass is 327 g/mol. The van der Waals surface area contributed by atoms with E-state index in [1.165, 1.54) is 0 Å². The van der Waals surface area contributed by atoms with Crippen molar-refractivity contribution in [2.75, 3.05) is 44.2 Å². The van der Waals surface area contributed by atoms with E-state index in [0.717, 1.165) is 23.6 Å². The summed E-state index contributed by atoms with van der Waals surface area (Å²) in [6.45, 7) is 3.30. The average molecular weight is 327 g/mol. The Balaban J connectivity index is 2.03. The third-order valence-corrected chi connectivity index (χ3v) is 4.18. The number of aromatic nitrogens is 1. The van der Waals surface area contributed by atoms with Gasteiger partial charge in [-0.15, -0.1) is 0 Å². The molecule has 2 aromatic rings. The van der Waals surface area contributed by atoms with Crippen LogP contribution in [0.2, 0.25) is 0 Å². The van der Waals surface area contributed by atoms with Gasteiger partial charge in [-0.2, -0.15) is 0 Å². The summed E-state index contributed by atoms with van der Waals surface area (Å²) in [5.74, 6) is 1.86. The summed E-state index contributed by atoms with van der Waals surface area (Å²) in [6.07, 6.45) is 1.82. The molecule has 2 heterocycles. The highest BCUT2D eigenvalue weighted by Gasteiger charge is 2.28. The molecule has 0 bridgehead atoms. The van der Waals surface area contributed by atoms with Gasteiger partial charge in [0.2, 0.25) is 0 Å². The highest BCUT2D eigenvalue weighted by Crippen LogP contribution is 2.34. The Labute approximate surface area is 141 Å². The van der Waals surface area contributed by atoms with Gasteiger partial charge in [-0.25, -0.2) is 4.98 Å². The lowest BCUT2D eigenvalue weighted by Crippen LogP contribution is -2.43. The predicted molar refractivity (Wildman–Crippen MR) is 93.5 cm³/mol. The molecular formula is C18H21N3O3. The van der Waals surface area contributed by atoms with E-state index in [9.17, 15) is 4.79 Å². The molecule has 126 valence electrons. The van der Waals surface area contributed by atoms with Gasteiger partial charge in [0.05, 0.1) is 25.5 Å². The summed E-state index contributed by atoms with van der Waals surface area (Å²) in [5.41, 5.74) is 2.35. The maximum atomic E-state index is 13.1. The molecule has 0 unspecified atom stereocenters. The van der Waals surface area contributed by atoms with Crippen LogP contribution in [0.3, 0.4) is 0 Å². The number of hydrogen-bond donors (Lipinski definition) is 0. The number of nitrogens with zero attached hydrogens (tertiary/aromatic N) is 3. The molecule has 0 atom stereocenters. The fraction of sp³-hybridized carbons (Fsp3) is 0.333. The van der Waals surface area contributed by atoms with Gasteiger partial charge in [-0.3, -0.25) is 4.79 Å². The van der Waals surface area contributed by atoms with Gasteiger partial charge in [0.1, 0.15) is 11.5 Å². The zero-order valence-electron chi connectivity index (χ0n) is 14.4. The molecule has 1 aromatic carbocycles. The number of benzene rings is 1. The summed E-state index contributed by atoms with van der Waals surface area (Å²) in [6, 6.07) is 7.22. The lowest BCUT2D eigenvalue weighted by atomic mass is 10.1. The van der Waals surface area contributed by atoms with Crippen LogP contribution >= 0.6 is 0 Å². The Kier molecular flexibility index (Phi) is 4.29. The maximum absolute atomic E-state index is 13.1. The van der Waals surface area contributed by atoms with Crippen LogP contribution in [0, 0.1) is 6.92 Å². The number of anilines is 2. The second-order valence-corrected chi connectivity index (χ2v) is 5.80. The lowest BCUT2D eigenvalue weighted by Gasteiger charge is -2.35. The predicted octanol–water partition coefficient (Wildman–Crippen LogP) is 2.50. The van der Waals surface area contributed by atoms with Crippen molar-refractivity contribution in [2.24, 2.45) is 0 Å². The number of ether oxygens (including phenoxy) is 2. The fourth-order valence-corrected chi connectivity index (χ4v) is 2.85. The highest BCUT2D eigenvalue weighted by molar-refractivity contribution is 6.09. The van der Waals surface area contributed by atoms with E-state index in [1.54, 1.807) is 37.3 Å². The Hall–Kier alpha value is -2.76. The minimum absolute atomic E-state index is 0.101. The summed E-state index contributed by atoms with van der Waals surface area (Å²) in [5, 5.41) is 0. The maximum Gasteiger partial charge on any atom is 0.262 e. The first-order valence-electron chi connectivity index (χ1n) is 7.77. The van der Waals surface area contributed by atoms with Crippen LogP contribution in [0.1, 0.15) is 15.9 Å². The molecule has 0 saturated carbocycles. The summed E-state index contributed by atoms with van der Waals surface area (Å²) < 4.78 is 10.6. The van der Waals surface area contributed by atoms with Crippen molar-refractivity contribution in [2.45, 2.75) is 6.92 Å². The Morgan fingerprint density at radius 1 is 1.17 bits per heavy atom. The Bertz CT molecular complexity index is 776. The standard InChI is InChI=1S/C18H21N3O3/c1-12-9-15-17(19-11-12)20(2)7-8-21(15)18(22)14-6-5-13(23-3)10-16(14)24-4/h5-6,9-11H,7-8H2,1-4H3. The van der Waals surface area contributed by atoms with E-state index in [-0.39, 0.29) is 5.91 Å². The first kappa shape index (κ1) is 16.1. The second kappa shape index (κ2) is 6.39. The van der Waals surface area contributed by atoms with Crippen molar-refractivity contribution in [1.82, 2.24) is 4.98 Å². The number of carbonyl (C=O) groups excluding carboxylic acids is 1. The summed E-state index contributed by atoms with van der Waals surface area (Å²) in [4.78, 5) is 21.4. The van der Waals surface area contributed by atoms with Gasteiger partial charge in [0, 0.05) is 32.4 Å². The summed E-state index contributed by atoms with van der Waals surface area (Å²) in [7, 11) is 5.12. The molecule has 0 fully saturated rings. The minimum Gasteiger partial charge on any atom is -0.497 e. The van der Waals surface area contributed by atoms with Gasteiger partial charge in [0.25, 0.3) is 5.91 Å². The number of methoxy groups -OCH3 is 2. The van der Waals surface area contributed by atoms with Crippen LogP contribution < -0.4 is 19.3 Å². The van der Waals surface area contributed by atoms with E-state index >= 15 is 0 Å². The molecule has 0 aliphatic carbocycles. The van der Waals surface area contributed by atoms with Crippen LogP contribution in [0.4, 0.5) is 11.5 Å². The van der Waals surface area contributed by atoms with Crippen LogP contribution in [0.15, 0.2) is 30.5 Å². The molecule has 6 heteroatoms. The number of rotatable bonds is 3. The first-order chi connectivity index (χ1) is 11.5. The normalized spacial score (nSPS) is 13.5. The smallest absolute Gasteiger partial charge is 0.262 e. The van der Waals surface area contributed by atoms with Gasteiger partial charge >= 0.3 is 0 Å². The molecule has 1 aliphatic rings. The van der Waals surface area contributed by atoms with Crippen LogP contribution in [-0.4, -0.2) is 45.2 Å².